The van der Waals surface area contributed by atoms with Gasteiger partial charge in [-0.1, -0.05) is 12.1 Å². The van der Waals surface area contributed by atoms with Crippen molar-refractivity contribution in [1.29, 1.82) is 0 Å². The highest BCUT2D eigenvalue weighted by Crippen LogP contribution is 2.15. The van der Waals surface area contributed by atoms with Gasteiger partial charge in [-0.2, -0.15) is 0 Å². The Morgan fingerprint density at radius 2 is 1.70 bits per heavy atom. The highest BCUT2D eigenvalue weighted by atomic mass is 79.9. The second-order valence-electron chi connectivity index (χ2n) is 4.29. The van der Waals surface area contributed by atoms with E-state index >= 15 is 0 Å². The Labute approximate surface area is 126 Å². The summed E-state index contributed by atoms with van der Waals surface area (Å²) in [7, 11) is 0. The Kier molecular flexibility index (Phi) is 6.93. The number of rotatable bonds is 7. The molecular formula is C14H17BrN2O3. The number of ketones is 1. The van der Waals surface area contributed by atoms with Crippen LogP contribution in [0.3, 0.4) is 0 Å². The second kappa shape index (κ2) is 8.47. The number of amides is 2. The molecule has 0 bridgehead atoms. The van der Waals surface area contributed by atoms with E-state index in [0.717, 1.165) is 4.47 Å². The molecule has 2 amide bonds. The molecule has 0 saturated carbocycles. The minimum absolute atomic E-state index is 0.0117. The SMILES string of the molecule is CC(=O)CCC(=O)NCCNC(=O)c1ccccc1Br. The molecule has 0 aliphatic heterocycles. The summed E-state index contributed by atoms with van der Waals surface area (Å²) in [6.07, 6.45) is 0.433. The van der Waals surface area contributed by atoms with Crippen molar-refractivity contribution in [3.63, 3.8) is 0 Å². The van der Waals surface area contributed by atoms with E-state index in [1.165, 1.54) is 6.92 Å². The van der Waals surface area contributed by atoms with E-state index in [1.54, 1.807) is 18.2 Å². The third-order valence-corrected chi connectivity index (χ3v) is 3.25. The highest BCUT2D eigenvalue weighted by molar-refractivity contribution is 9.10. The van der Waals surface area contributed by atoms with Gasteiger partial charge in [0.2, 0.25) is 5.91 Å². The summed E-state index contributed by atoms with van der Waals surface area (Å²) in [6.45, 7) is 2.13. The molecule has 0 saturated heterocycles. The topological polar surface area (TPSA) is 75.3 Å². The number of hydrogen-bond acceptors (Lipinski definition) is 3. The van der Waals surface area contributed by atoms with Crippen molar-refractivity contribution in [3.8, 4) is 0 Å². The van der Waals surface area contributed by atoms with Gasteiger partial charge in [0.1, 0.15) is 5.78 Å². The summed E-state index contributed by atoms with van der Waals surface area (Å²) in [4.78, 5) is 33.9. The van der Waals surface area contributed by atoms with E-state index in [1.807, 2.05) is 6.07 Å². The van der Waals surface area contributed by atoms with Crippen LogP contribution < -0.4 is 10.6 Å². The largest absolute Gasteiger partial charge is 0.354 e. The quantitative estimate of drug-likeness (QED) is 0.741. The maximum atomic E-state index is 11.8. The molecule has 0 fully saturated rings. The van der Waals surface area contributed by atoms with Gasteiger partial charge >= 0.3 is 0 Å². The third kappa shape index (κ3) is 5.97. The van der Waals surface area contributed by atoms with Crippen molar-refractivity contribution >= 4 is 33.5 Å². The number of hydrogen-bond donors (Lipinski definition) is 2. The number of halogens is 1. The summed E-state index contributed by atoms with van der Waals surface area (Å²) < 4.78 is 0.725. The zero-order valence-electron chi connectivity index (χ0n) is 11.2. The number of benzene rings is 1. The van der Waals surface area contributed by atoms with E-state index in [2.05, 4.69) is 26.6 Å². The molecule has 1 aromatic rings. The zero-order valence-corrected chi connectivity index (χ0v) is 12.8. The van der Waals surface area contributed by atoms with Crippen molar-refractivity contribution in [2.75, 3.05) is 13.1 Å². The molecule has 0 spiro atoms. The predicted octanol–water partition coefficient (Wildman–Crippen LogP) is 1.66. The molecule has 0 aliphatic carbocycles. The van der Waals surface area contributed by atoms with Gasteiger partial charge in [0.05, 0.1) is 5.56 Å². The van der Waals surface area contributed by atoms with E-state index in [4.69, 9.17) is 0 Å². The zero-order chi connectivity index (χ0) is 15.0. The highest BCUT2D eigenvalue weighted by Gasteiger charge is 2.08. The van der Waals surface area contributed by atoms with Gasteiger partial charge in [0, 0.05) is 30.4 Å². The van der Waals surface area contributed by atoms with Gasteiger partial charge < -0.3 is 15.4 Å². The molecular weight excluding hydrogens is 324 g/mol. The van der Waals surface area contributed by atoms with Crippen molar-refractivity contribution in [2.45, 2.75) is 19.8 Å². The van der Waals surface area contributed by atoms with E-state index < -0.39 is 0 Å². The van der Waals surface area contributed by atoms with E-state index in [-0.39, 0.29) is 30.4 Å². The lowest BCUT2D eigenvalue weighted by Crippen LogP contribution is -2.34. The predicted molar refractivity (Wildman–Crippen MR) is 79.4 cm³/mol. The Morgan fingerprint density at radius 3 is 2.35 bits per heavy atom. The molecule has 0 unspecified atom stereocenters. The maximum Gasteiger partial charge on any atom is 0.252 e. The average molecular weight is 341 g/mol. The van der Waals surface area contributed by atoms with Crippen LogP contribution in [0.25, 0.3) is 0 Å². The average Bonchev–Trinajstić information content (AvgIpc) is 2.41. The fourth-order valence-corrected chi connectivity index (χ4v) is 1.96. The van der Waals surface area contributed by atoms with Crippen LogP contribution >= 0.6 is 15.9 Å². The van der Waals surface area contributed by atoms with Crippen LogP contribution in [0, 0.1) is 0 Å². The monoisotopic (exact) mass is 340 g/mol. The van der Waals surface area contributed by atoms with Gasteiger partial charge in [-0.15, -0.1) is 0 Å². The van der Waals surface area contributed by atoms with Gasteiger partial charge in [0.25, 0.3) is 5.91 Å². The van der Waals surface area contributed by atoms with Gasteiger partial charge in [-0.3, -0.25) is 9.59 Å². The number of carbonyl (C=O) groups excluding carboxylic acids is 3. The number of carbonyl (C=O) groups is 3. The Bertz CT molecular complexity index is 503. The van der Waals surface area contributed by atoms with Crippen LogP contribution in [0.5, 0.6) is 0 Å². The van der Waals surface area contributed by atoms with Crippen LogP contribution in [-0.2, 0) is 9.59 Å². The third-order valence-electron chi connectivity index (χ3n) is 2.56. The lowest BCUT2D eigenvalue weighted by Gasteiger charge is -2.08. The van der Waals surface area contributed by atoms with Crippen LogP contribution in [0.1, 0.15) is 30.1 Å². The summed E-state index contributed by atoms with van der Waals surface area (Å²) >= 11 is 3.30. The molecule has 5 nitrogen and oxygen atoms in total. The first-order valence-corrected chi connectivity index (χ1v) is 7.09. The van der Waals surface area contributed by atoms with Crippen molar-refractivity contribution < 1.29 is 14.4 Å². The smallest absolute Gasteiger partial charge is 0.252 e. The summed E-state index contributed by atoms with van der Waals surface area (Å²) in [5, 5.41) is 5.35. The molecule has 0 aromatic heterocycles. The second-order valence-corrected chi connectivity index (χ2v) is 5.14. The van der Waals surface area contributed by atoms with Crippen molar-refractivity contribution in [2.24, 2.45) is 0 Å². The lowest BCUT2D eigenvalue weighted by atomic mass is 10.2. The summed E-state index contributed by atoms with van der Waals surface area (Å²) in [5.74, 6) is -0.395. The summed E-state index contributed by atoms with van der Waals surface area (Å²) in [5.41, 5.74) is 0.551. The van der Waals surface area contributed by atoms with Gasteiger partial charge in [-0.05, 0) is 35.0 Å². The maximum absolute atomic E-state index is 11.8. The van der Waals surface area contributed by atoms with Crippen LogP contribution in [-0.4, -0.2) is 30.7 Å². The first-order valence-electron chi connectivity index (χ1n) is 6.29. The molecule has 6 heteroatoms. The van der Waals surface area contributed by atoms with Crippen LogP contribution in [0.15, 0.2) is 28.7 Å². The number of nitrogens with one attached hydrogen (secondary N) is 2. The molecule has 0 aliphatic rings. The molecule has 1 aromatic carbocycles. The normalized spacial score (nSPS) is 9.90. The standard InChI is InChI=1S/C14H17BrN2O3/c1-10(18)6-7-13(19)16-8-9-17-14(20)11-4-2-3-5-12(11)15/h2-5H,6-9H2,1H3,(H,16,19)(H,17,20). The first-order chi connectivity index (χ1) is 9.50. The molecule has 0 atom stereocenters. The lowest BCUT2D eigenvalue weighted by molar-refractivity contribution is -0.124. The Balaban J connectivity index is 2.25. The molecule has 2 N–H and O–H groups in total. The van der Waals surface area contributed by atoms with Crippen LogP contribution in [0.2, 0.25) is 0 Å². The molecule has 0 heterocycles. The van der Waals surface area contributed by atoms with Crippen molar-refractivity contribution in [1.82, 2.24) is 10.6 Å². The molecule has 1 rings (SSSR count). The molecule has 20 heavy (non-hydrogen) atoms. The van der Waals surface area contributed by atoms with Crippen molar-refractivity contribution in [3.05, 3.63) is 34.3 Å². The van der Waals surface area contributed by atoms with Gasteiger partial charge in [-0.25, -0.2) is 0 Å². The van der Waals surface area contributed by atoms with E-state index in [0.29, 0.717) is 18.7 Å². The first kappa shape index (κ1) is 16.4. The Morgan fingerprint density at radius 1 is 1.05 bits per heavy atom. The summed E-state index contributed by atoms with van der Waals surface area (Å²) in [6, 6.07) is 7.11. The van der Waals surface area contributed by atoms with Gasteiger partial charge in [0.15, 0.2) is 0 Å². The Hall–Kier alpha value is -1.69. The minimum atomic E-state index is -0.199. The fraction of sp³-hybridized carbons (Fsp3) is 0.357. The fourth-order valence-electron chi connectivity index (χ4n) is 1.50. The number of Topliss-reactive ketones (excluding diaryl/α,β-unsaturated/α-hetero) is 1. The minimum Gasteiger partial charge on any atom is -0.354 e. The van der Waals surface area contributed by atoms with Crippen LogP contribution in [0.4, 0.5) is 0 Å². The van der Waals surface area contributed by atoms with E-state index in [9.17, 15) is 14.4 Å². The molecule has 0 radical (unpaired) electrons. The molecule has 108 valence electrons.